The quantitative estimate of drug-likeness (QED) is 0.567. The van der Waals surface area contributed by atoms with Gasteiger partial charge in [-0.2, -0.15) is 0 Å². The molecule has 0 spiro atoms. The highest BCUT2D eigenvalue weighted by molar-refractivity contribution is 6.45. The van der Waals surface area contributed by atoms with Crippen molar-refractivity contribution >= 4 is 17.3 Å². The number of carbonyl (C=O) groups is 1. The maximum atomic E-state index is 12.1. The van der Waals surface area contributed by atoms with Crippen molar-refractivity contribution in [2.24, 2.45) is 10.3 Å². The van der Waals surface area contributed by atoms with Crippen LogP contribution in [0.25, 0.3) is 0 Å². The molecule has 0 fully saturated rings. The summed E-state index contributed by atoms with van der Waals surface area (Å²) in [5.41, 5.74) is 2.84. The average molecular weight is 370 g/mol. The number of amides is 1. The zero-order chi connectivity index (χ0) is 19.6. The standard InChI is InChI=1S/C19H22N4O4/c1-13(22-25-3)16-10-7-11-17(21-16)27-12-14-8-5-6-9-15(14)18(23-26-4)19(24)20-2/h5-11H,12H2,1-4H3,(H,20,24)/b22-13+,23-18+. The van der Waals surface area contributed by atoms with Crippen molar-refractivity contribution in [2.75, 3.05) is 21.3 Å². The SMILES string of the molecule is CNC(=O)/C(=N/OC)c1ccccc1COc1cccc(/C(C)=N/OC)n1. The smallest absolute Gasteiger partial charge is 0.273 e. The molecular weight excluding hydrogens is 348 g/mol. The number of nitrogens with zero attached hydrogens (tertiary/aromatic N) is 3. The van der Waals surface area contributed by atoms with E-state index in [4.69, 9.17) is 14.4 Å². The topological polar surface area (TPSA) is 94.4 Å². The maximum Gasteiger partial charge on any atom is 0.273 e. The predicted molar refractivity (Wildman–Crippen MR) is 102 cm³/mol. The Balaban J connectivity index is 2.25. The first-order valence-electron chi connectivity index (χ1n) is 8.20. The highest BCUT2D eigenvalue weighted by Crippen LogP contribution is 2.15. The van der Waals surface area contributed by atoms with E-state index in [0.717, 1.165) is 5.56 Å². The molecule has 0 aliphatic carbocycles. The molecule has 27 heavy (non-hydrogen) atoms. The maximum absolute atomic E-state index is 12.1. The van der Waals surface area contributed by atoms with Gasteiger partial charge < -0.3 is 19.7 Å². The van der Waals surface area contributed by atoms with Crippen LogP contribution in [0.5, 0.6) is 5.88 Å². The van der Waals surface area contributed by atoms with E-state index in [9.17, 15) is 4.79 Å². The number of hydrogen-bond acceptors (Lipinski definition) is 7. The summed E-state index contributed by atoms with van der Waals surface area (Å²) < 4.78 is 5.81. The summed E-state index contributed by atoms with van der Waals surface area (Å²) in [6.07, 6.45) is 0. The molecule has 1 heterocycles. The number of hydrogen-bond donors (Lipinski definition) is 1. The first-order chi connectivity index (χ1) is 13.1. The van der Waals surface area contributed by atoms with Crippen LogP contribution < -0.4 is 10.1 Å². The Hall–Kier alpha value is -3.42. The molecule has 0 atom stereocenters. The molecule has 0 aliphatic heterocycles. The Morgan fingerprint density at radius 2 is 1.81 bits per heavy atom. The number of oxime groups is 2. The molecule has 1 aromatic carbocycles. The number of likely N-dealkylation sites (N-methyl/N-ethyl adjacent to an activating group) is 1. The van der Waals surface area contributed by atoms with Gasteiger partial charge in [0.25, 0.3) is 5.91 Å². The first kappa shape index (κ1) is 19.9. The van der Waals surface area contributed by atoms with Gasteiger partial charge in [-0.3, -0.25) is 4.79 Å². The van der Waals surface area contributed by atoms with E-state index in [1.165, 1.54) is 21.3 Å². The van der Waals surface area contributed by atoms with Gasteiger partial charge in [-0.25, -0.2) is 4.98 Å². The lowest BCUT2D eigenvalue weighted by Gasteiger charge is -2.12. The Labute approximate surface area is 157 Å². The molecule has 8 nitrogen and oxygen atoms in total. The van der Waals surface area contributed by atoms with E-state index in [2.05, 4.69) is 20.6 Å². The molecule has 0 saturated heterocycles. The van der Waals surface area contributed by atoms with Gasteiger partial charge in [-0.15, -0.1) is 0 Å². The summed E-state index contributed by atoms with van der Waals surface area (Å²) in [5, 5.41) is 10.3. The summed E-state index contributed by atoms with van der Waals surface area (Å²) >= 11 is 0. The van der Waals surface area contributed by atoms with Gasteiger partial charge in [-0.05, 0) is 18.6 Å². The fourth-order valence-corrected chi connectivity index (χ4v) is 2.33. The van der Waals surface area contributed by atoms with E-state index >= 15 is 0 Å². The molecule has 8 heteroatoms. The molecule has 2 rings (SSSR count). The van der Waals surface area contributed by atoms with Crippen LogP contribution >= 0.6 is 0 Å². The summed E-state index contributed by atoms with van der Waals surface area (Å²) in [7, 11) is 4.40. The van der Waals surface area contributed by atoms with Gasteiger partial charge in [0.2, 0.25) is 5.88 Å². The van der Waals surface area contributed by atoms with Gasteiger partial charge >= 0.3 is 0 Å². The van der Waals surface area contributed by atoms with Crippen molar-refractivity contribution < 1.29 is 19.2 Å². The minimum atomic E-state index is -0.351. The van der Waals surface area contributed by atoms with E-state index in [1.807, 2.05) is 30.3 Å². The highest BCUT2D eigenvalue weighted by atomic mass is 16.6. The molecule has 142 valence electrons. The van der Waals surface area contributed by atoms with Crippen molar-refractivity contribution in [3.05, 3.63) is 59.3 Å². The van der Waals surface area contributed by atoms with Crippen LogP contribution in [0.2, 0.25) is 0 Å². The molecule has 0 unspecified atom stereocenters. The van der Waals surface area contributed by atoms with E-state index in [1.54, 1.807) is 19.1 Å². The molecule has 0 saturated carbocycles. The second-order valence-electron chi connectivity index (χ2n) is 5.37. The van der Waals surface area contributed by atoms with E-state index in [0.29, 0.717) is 22.8 Å². The third-order valence-corrected chi connectivity index (χ3v) is 3.60. The number of nitrogens with one attached hydrogen (secondary N) is 1. The summed E-state index contributed by atoms with van der Waals surface area (Å²) in [4.78, 5) is 26.1. The number of aromatic nitrogens is 1. The minimum absolute atomic E-state index is 0.170. The third-order valence-electron chi connectivity index (χ3n) is 3.60. The molecule has 2 aromatic rings. The fraction of sp³-hybridized carbons (Fsp3) is 0.263. The van der Waals surface area contributed by atoms with Crippen molar-refractivity contribution in [1.82, 2.24) is 10.3 Å². The van der Waals surface area contributed by atoms with Gasteiger partial charge in [-0.1, -0.05) is 40.6 Å². The van der Waals surface area contributed by atoms with Crippen molar-refractivity contribution in [3.8, 4) is 5.88 Å². The van der Waals surface area contributed by atoms with Crippen LogP contribution in [0, 0.1) is 0 Å². The van der Waals surface area contributed by atoms with E-state index < -0.39 is 0 Å². The normalized spacial score (nSPS) is 11.7. The largest absolute Gasteiger partial charge is 0.473 e. The zero-order valence-corrected chi connectivity index (χ0v) is 15.7. The molecule has 0 bridgehead atoms. The van der Waals surface area contributed by atoms with Crippen molar-refractivity contribution in [1.29, 1.82) is 0 Å². The number of carbonyl (C=O) groups excluding carboxylic acids is 1. The second-order valence-corrected chi connectivity index (χ2v) is 5.37. The number of pyridine rings is 1. The first-order valence-corrected chi connectivity index (χ1v) is 8.20. The molecule has 1 aromatic heterocycles. The lowest BCUT2D eigenvalue weighted by molar-refractivity contribution is -0.114. The lowest BCUT2D eigenvalue weighted by atomic mass is 10.0. The van der Waals surface area contributed by atoms with Gasteiger partial charge in [0, 0.05) is 18.7 Å². The molecule has 0 radical (unpaired) electrons. The fourth-order valence-electron chi connectivity index (χ4n) is 2.33. The Bertz CT molecular complexity index is 849. The Morgan fingerprint density at radius 1 is 1.07 bits per heavy atom. The van der Waals surface area contributed by atoms with Gasteiger partial charge in [0.1, 0.15) is 26.5 Å². The van der Waals surface area contributed by atoms with Crippen molar-refractivity contribution in [3.63, 3.8) is 0 Å². The molecule has 0 aliphatic rings. The van der Waals surface area contributed by atoms with Crippen LogP contribution in [-0.4, -0.2) is 43.6 Å². The predicted octanol–water partition coefficient (Wildman–Crippen LogP) is 2.13. The monoisotopic (exact) mass is 370 g/mol. The molecular formula is C19H22N4O4. The number of rotatable bonds is 8. The molecule has 1 amide bonds. The lowest BCUT2D eigenvalue weighted by Crippen LogP contribution is -2.29. The van der Waals surface area contributed by atoms with E-state index in [-0.39, 0.29) is 18.2 Å². The van der Waals surface area contributed by atoms with Crippen LogP contribution in [0.3, 0.4) is 0 Å². The van der Waals surface area contributed by atoms with Crippen LogP contribution in [0.4, 0.5) is 0 Å². The number of ether oxygens (including phenoxy) is 1. The summed E-state index contributed by atoms with van der Waals surface area (Å²) in [6, 6.07) is 12.7. The third kappa shape index (κ3) is 5.27. The Morgan fingerprint density at radius 3 is 2.52 bits per heavy atom. The minimum Gasteiger partial charge on any atom is -0.473 e. The summed E-state index contributed by atoms with van der Waals surface area (Å²) in [6.45, 7) is 1.99. The van der Waals surface area contributed by atoms with Gasteiger partial charge in [0.15, 0.2) is 5.71 Å². The van der Waals surface area contributed by atoms with Gasteiger partial charge in [0.05, 0.1) is 5.69 Å². The average Bonchev–Trinajstić information content (AvgIpc) is 2.70. The number of benzene rings is 1. The summed E-state index contributed by atoms with van der Waals surface area (Å²) in [5.74, 6) is 0.0777. The Kier molecular flexibility index (Phi) is 7.30. The highest BCUT2D eigenvalue weighted by Gasteiger charge is 2.17. The van der Waals surface area contributed by atoms with Crippen molar-refractivity contribution in [2.45, 2.75) is 13.5 Å². The van der Waals surface area contributed by atoms with Crippen LogP contribution in [0.1, 0.15) is 23.7 Å². The zero-order valence-electron chi connectivity index (χ0n) is 15.7. The van der Waals surface area contributed by atoms with Crippen LogP contribution in [-0.2, 0) is 21.1 Å². The van der Waals surface area contributed by atoms with Crippen LogP contribution in [0.15, 0.2) is 52.8 Å². The molecule has 1 N–H and O–H groups in total. The second kappa shape index (κ2) is 9.91.